The molecule has 0 saturated carbocycles. The third-order valence-electron chi connectivity index (χ3n) is 3.00. The molecule has 2 aromatic carbocycles. The van der Waals surface area contributed by atoms with Gasteiger partial charge in [-0.3, -0.25) is 4.79 Å². The second-order valence-electron chi connectivity index (χ2n) is 4.27. The standard InChI is InChI=1S/C15H12N2O/c1-11-8-14(10-18)16-17(11)15-7-6-12-4-2-3-5-13(12)9-15/h2-10H,1H3. The fourth-order valence-electron chi connectivity index (χ4n) is 2.13. The van der Waals surface area contributed by atoms with Gasteiger partial charge in [0.15, 0.2) is 6.29 Å². The van der Waals surface area contributed by atoms with Crippen molar-refractivity contribution in [2.24, 2.45) is 0 Å². The van der Waals surface area contributed by atoms with E-state index in [0.717, 1.165) is 23.1 Å². The molecule has 18 heavy (non-hydrogen) atoms. The first-order valence-electron chi connectivity index (χ1n) is 5.79. The molecular weight excluding hydrogens is 224 g/mol. The van der Waals surface area contributed by atoms with E-state index >= 15 is 0 Å². The second kappa shape index (κ2) is 4.11. The molecule has 0 aliphatic rings. The van der Waals surface area contributed by atoms with E-state index in [0.29, 0.717) is 5.69 Å². The highest BCUT2D eigenvalue weighted by Gasteiger charge is 2.05. The van der Waals surface area contributed by atoms with Gasteiger partial charge in [0.1, 0.15) is 5.69 Å². The van der Waals surface area contributed by atoms with E-state index in [4.69, 9.17) is 0 Å². The Kier molecular flexibility index (Phi) is 2.45. The molecular formula is C15H12N2O. The minimum Gasteiger partial charge on any atom is -0.296 e. The number of benzene rings is 2. The van der Waals surface area contributed by atoms with Gasteiger partial charge < -0.3 is 0 Å². The fraction of sp³-hybridized carbons (Fsp3) is 0.0667. The van der Waals surface area contributed by atoms with Crippen LogP contribution in [-0.4, -0.2) is 16.1 Å². The number of nitrogens with zero attached hydrogens (tertiary/aromatic N) is 2. The third-order valence-corrected chi connectivity index (χ3v) is 3.00. The molecule has 0 saturated heterocycles. The summed E-state index contributed by atoms with van der Waals surface area (Å²) in [6, 6.07) is 16.1. The van der Waals surface area contributed by atoms with Gasteiger partial charge in [0.2, 0.25) is 0 Å². The summed E-state index contributed by atoms with van der Waals surface area (Å²) in [5.41, 5.74) is 2.38. The molecule has 3 aromatic rings. The van der Waals surface area contributed by atoms with Crippen molar-refractivity contribution < 1.29 is 4.79 Å². The Morgan fingerprint density at radius 3 is 2.56 bits per heavy atom. The molecule has 0 bridgehead atoms. The molecule has 88 valence electrons. The van der Waals surface area contributed by atoms with Crippen molar-refractivity contribution in [1.82, 2.24) is 9.78 Å². The van der Waals surface area contributed by atoms with Crippen LogP contribution in [0.15, 0.2) is 48.5 Å². The Labute approximate surface area is 105 Å². The van der Waals surface area contributed by atoms with Crippen LogP contribution >= 0.6 is 0 Å². The van der Waals surface area contributed by atoms with Gasteiger partial charge in [0.05, 0.1) is 5.69 Å². The number of fused-ring (bicyclic) bond motifs is 1. The monoisotopic (exact) mass is 236 g/mol. The van der Waals surface area contributed by atoms with Crippen LogP contribution in [0.1, 0.15) is 16.2 Å². The van der Waals surface area contributed by atoms with E-state index in [2.05, 4.69) is 29.4 Å². The van der Waals surface area contributed by atoms with Crippen LogP contribution in [0.25, 0.3) is 16.5 Å². The quantitative estimate of drug-likeness (QED) is 0.641. The molecule has 3 nitrogen and oxygen atoms in total. The van der Waals surface area contributed by atoms with Gasteiger partial charge in [-0.2, -0.15) is 5.10 Å². The Hall–Kier alpha value is -2.42. The van der Waals surface area contributed by atoms with Crippen LogP contribution in [0.2, 0.25) is 0 Å². The molecule has 0 radical (unpaired) electrons. The zero-order chi connectivity index (χ0) is 12.5. The minimum absolute atomic E-state index is 0.459. The molecule has 1 aromatic heterocycles. The third kappa shape index (κ3) is 1.70. The van der Waals surface area contributed by atoms with Crippen molar-refractivity contribution in [1.29, 1.82) is 0 Å². The van der Waals surface area contributed by atoms with Crippen molar-refractivity contribution in [3.8, 4) is 5.69 Å². The lowest BCUT2D eigenvalue weighted by Gasteiger charge is -2.05. The van der Waals surface area contributed by atoms with Crippen molar-refractivity contribution in [2.45, 2.75) is 6.92 Å². The molecule has 3 heteroatoms. The smallest absolute Gasteiger partial charge is 0.170 e. The lowest BCUT2D eigenvalue weighted by molar-refractivity contribution is 0.111. The van der Waals surface area contributed by atoms with Crippen LogP contribution in [0.3, 0.4) is 0 Å². The van der Waals surface area contributed by atoms with Crippen molar-refractivity contribution in [3.05, 3.63) is 59.9 Å². The summed E-state index contributed by atoms with van der Waals surface area (Å²) in [5.74, 6) is 0. The minimum atomic E-state index is 0.459. The van der Waals surface area contributed by atoms with E-state index in [1.807, 2.05) is 25.1 Å². The van der Waals surface area contributed by atoms with Crippen LogP contribution in [0, 0.1) is 6.92 Å². The Morgan fingerprint density at radius 1 is 1.06 bits per heavy atom. The summed E-state index contributed by atoms with van der Waals surface area (Å²) >= 11 is 0. The summed E-state index contributed by atoms with van der Waals surface area (Å²) in [7, 11) is 0. The van der Waals surface area contributed by atoms with E-state index in [1.165, 1.54) is 5.39 Å². The molecule has 0 unspecified atom stereocenters. The predicted octanol–water partition coefficient (Wildman–Crippen LogP) is 3.15. The second-order valence-corrected chi connectivity index (χ2v) is 4.27. The summed E-state index contributed by atoms with van der Waals surface area (Å²) in [4.78, 5) is 10.7. The van der Waals surface area contributed by atoms with Gasteiger partial charge in [0.25, 0.3) is 0 Å². The first-order valence-corrected chi connectivity index (χ1v) is 5.79. The maximum Gasteiger partial charge on any atom is 0.170 e. The van der Waals surface area contributed by atoms with E-state index in [9.17, 15) is 4.79 Å². The summed E-state index contributed by atoms with van der Waals surface area (Å²) in [6.07, 6.45) is 0.768. The van der Waals surface area contributed by atoms with E-state index in [1.54, 1.807) is 10.7 Å². The average Bonchev–Trinajstić information content (AvgIpc) is 2.79. The van der Waals surface area contributed by atoms with Gasteiger partial charge in [-0.1, -0.05) is 30.3 Å². The molecule has 0 aliphatic heterocycles. The zero-order valence-electron chi connectivity index (χ0n) is 10.00. The van der Waals surface area contributed by atoms with Crippen LogP contribution in [0.5, 0.6) is 0 Å². The van der Waals surface area contributed by atoms with Crippen molar-refractivity contribution >= 4 is 17.1 Å². The van der Waals surface area contributed by atoms with Gasteiger partial charge in [-0.15, -0.1) is 0 Å². The summed E-state index contributed by atoms with van der Waals surface area (Å²) < 4.78 is 1.79. The van der Waals surface area contributed by atoms with Crippen molar-refractivity contribution in [3.63, 3.8) is 0 Å². The Morgan fingerprint density at radius 2 is 1.83 bits per heavy atom. The Balaban J connectivity index is 2.18. The largest absolute Gasteiger partial charge is 0.296 e. The Bertz CT molecular complexity index is 728. The van der Waals surface area contributed by atoms with Gasteiger partial charge >= 0.3 is 0 Å². The fourth-order valence-corrected chi connectivity index (χ4v) is 2.13. The average molecular weight is 236 g/mol. The molecule has 0 aliphatic carbocycles. The molecule has 3 rings (SSSR count). The molecule has 0 atom stereocenters. The number of aromatic nitrogens is 2. The normalized spacial score (nSPS) is 10.7. The SMILES string of the molecule is Cc1cc(C=O)nn1-c1ccc2ccccc2c1. The van der Waals surface area contributed by atoms with Gasteiger partial charge in [-0.25, -0.2) is 4.68 Å². The van der Waals surface area contributed by atoms with E-state index in [-0.39, 0.29) is 0 Å². The summed E-state index contributed by atoms with van der Waals surface area (Å²) in [6.45, 7) is 1.94. The van der Waals surface area contributed by atoms with Gasteiger partial charge in [0, 0.05) is 5.69 Å². The topological polar surface area (TPSA) is 34.9 Å². The van der Waals surface area contributed by atoms with Crippen LogP contribution < -0.4 is 0 Å². The number of carbonyl (C=O) groups excluding carboxylic acids is 1. The highest BCUT2D eigenvalue weighted by Crippen LogP contribution is 2.19. The lowest BCUT2D eigenvalue weighted by atomic mass is 10.1. The number of rotatable bonds is 2. The van der Waals surface area contributed by atoms with Crippen LogP contribution in [-0.2, 0) is 0 Å². The molecule has 1 heterocycles. The first-order chi connectivity index (χ1) is 8.78. The van der Waals surface area contributed by atoms with Crippen molar-refractivity contribution in [2.75, 3.05) is 0 Å². The molecule has 0 spiro atoms. The summed E-state index contributed by atoms with van der Waals surface area (Å²) in [5, 5.41) is 6.61. The number of aldehydes is 1. The predicted molar refractivity (Wildman–Crippen MR) is 71.2 cm³/mol. The molecule has 0 amide bonds. The molecule has 0 N–H and O–H groups in total. The maximum absolute atomic E-state index is 10.7. The zero-order valence-corrected chi connectivity index (χ0v) is 10.00. The highest BCUT2D eigenvalue weighted by atomic mass is 16.1. The number of carbonyl (C=O) groups is 1. The van der Waals surface area contributed by atoms with Gasteiger partial charge in [-0.05, 0) is 35.9 Å². The first kappa shape index (κ1) is 10.7. The number of aryl methyl sites for hydroxylation is 1. The lowest BCUT2D eigenvalue weighted by Crippen LogP contribution is -1.99. The van der Waals surface area contributed by atoms with E-state index < -0.39 is 0 Å². The highest BCUT2D eigenvalue weighted by molar-refractivity contribution is 5.84. The maximum atomic E-state index is 10.7. The number of hydrogen-bond acceptors (Lipinski definition) is 2. The number of hydrogen-bond donors (Lipinski definition) is 0. The molecule has 0 fully saturated rings. The van der Waals surface area contributed by atoms with Crippen LogP contribution in [0.4, 0.5) is 0 Å².